The van der Waals surface area contributed by atoms with E-state index >= 15 is 0 Å². The molecule has 0 fully saturated rings. The van der Waals surface area contributed by atoms with Gasteiger partial charge < -0.3 is 19.5 Å². The molecule has 0 unspecified atom stereocenters. The summed E-state index contributed by atoms with van der Waals surface area (Å²) >= 11 is 0. The number of hydrogen-bond acceptors (Lipinski definition) is 8. The molecule has 1 aliphatic heterocycles. The molecule has 0 bridgehead atoms. The largest absolute Gasteiger partial charge is 0.496 e. The van der Waals surface area contributed by atoms with Gasteiger partial charge in [0.1, 0.15) is 23.3 Å². The van der Waals surface area contributed by atoms with Crippen molar-refractivity contribution in [2.24, 2.45) is 0 Å². The van der Waals surface area contributed by atoms with Crippen molar-refractivity contribution in [3.8, 4) is 11.5 Å². The van der Waals surface area contributed by atoms with Crippen LogP contribution in [-0.2, 0) is 16.4 Å². The van der Waals surface area contributed by atoms with Crippen molar-refractivity contribution < 1.29 is 27.9 Å². The molecular formula is C18H20N2O7S. The van der Waals surface area contributed by atoms with Crippen molar-refractivity contribution in [2.45, 2.75) is 17.5 Å². The highest BCUT2D eigenvalue weighted by atomic mass is 32.2. The molecule has 1 heterocycles. The van der Waals surface area contributed by atoms with Crippen molar-refractivity contribution >= 4 is 21.2 Å². The highest BCUT2D eigenvalue weighted by Crippen LogP contribution is 2.42. The number of β-amino-alcohol motifs (C(OH)–C–C–N with tert-alkyl or cyclic N) is 1. The number of methoxy groups -OCH3 is 2. The lowest BCUT2D eigenvalue weighted by atomic mass is 9.94. The first-order chi connectivity index (χ1) is 13.2. The maximum Gasteiger partial charge on any atom is 0.293 e. The summed E-state index contributed by atoms with van der Waals surface area (Å²) in [5, 5.41) is 22.3. The van der Waals surface area contributed by atoms with Crippen LogP contribution in [0.2, 0.25) is 0 Å². The number of nitrogens with zero attached hydrogens (tertiary/aromatic N) is 2. The third-order valence-electron chi connectivity index (χ3n) is 4.70. The first-order valence-electron chi connectivity index (χ1n) is 8.32. The van der Waals surface area contributed by atoms with Gasteiger partial charge in [-0.15, -0.1) is 0 Å². The van der Waals surface area contributed by atoms with E-state index in [9.17, 15) is 23.6 Å². The van der Waals surface area contributed by atoms with Crippen LogP contribution in [-0.4, -0.2) is 45.5 Å². The zero-order chi connectivity index (χ0) is 20.6. The SMILES string of the molecule is COc1ccc(OC)c2c1CN(c1ccc(S(C)(=O)=O)cc1[N+](=O)[O-])C[C@@H]2O. The van der Waals surface area contributed by atoms with E-state index in [1.54, 1.807) is 17.0 Å². The summed E-state index contributed by atoms with van der Waals surface area (Å²) in [6.45, 7) is 0.307. The van der Waals surface area contributed by atoms with Crippen LogP contribution < -0.4 is 14.4 Å². The molecule has 1 atom stereocenters. The molecule has 0 saturated heterocycles. The predicted octanol–water partition coefficient (Wildman–Crippen LogP) is 2.07. The number of aliphatic hydroxyl groups is 1. The van der Waals surface area contributed by atoms with E-state index in [0.29, 0.717) is 22.6 Å². The fraction of sp³-hybridized carbons (Fsp3) is 0.333. The van der Waals surface area contributed by atoms with E-state index in [0.717, 1.165) is 12.3 Å². The molecule has 0 amide bonds. The quantitative estimate of drug-likeness (QED) is 0.590. The third kappa shape index (κ3) is 3.48. The van der Waals surface area contributed by atoms with Crippen LogP contribution in [0.4, 0.5) is 11.4 Å². The van der Waals surface area contributed by atoms with Crippen molar-refractivity contribution in [3.63, 3.8) is 0 Å². The van der Waals surface area contributed by atoms with Crippen molar-refractivity contribution in [2.75, 3.05) is 31.9 Å². The first-order valence-corrected chi connectivity index (χ1v) is 10.2. The summed E-state index contributed by atoms with van der Waals surface area (Å²) in [6, 6.07) is 7.14. The summed E-state index contributed by atoms with van der Waals surface area (Å²) in [5.74, 6) is 1.03. The summed E-state index contributed by atoms with van der Waals surface area (Å²) in [7, 11) is -0.602. The highest BCUT2D eigenvalue weighted by molar-refractivity contribution is 7.90. The number of rotatable bonds is 5. The van der Waals surface area contributed by atoms with E-state index in [2.05, 4.69) is 0 Å². The fourth-order valence-electron chi connectivity index (χ4n) is 3.41. The van der Waals surface area contributed by atoms with E-state index in [1.807, 2.05) is 0 Å². The number of benzene rings is 2. The Morgan fingerprint density at radius 3 is 2.39 bits per heavy atom. The summed E-state index contributed by atoms with van der Waals surface area (Å²) in [4.78, 5) is 12.4. The maximum atomic E-state index is 11.8. The topological polar surface area (TPSA) is 119 Å². The van der Waals surface area contributed by atoms with Crippen molar-refractivity contribution in [3.05, 3.63) is 51.6 Å². The van der Waals surface area contributed by atoms with Gasteiger partial charge in [-0.3, -0.25) is 10.1 Å². The Kier molecular flexibility index (Phi) is 5.18. The van der Waals surface area contributed by atoms with Crippen LogP contribution in [0.5, 0.6) is 11.5 Å². The molecule has 0 spiro atoms. The molecule has 0 aliphatic carbocycles. The molecule has 9 nitrogen and oxygen atoms in total. The monoisotopic (exact) mass is 408 g/mol. The van der Waals surface area contributed by atoms with Gasteiger partial charge in [0.05, 0.1) is 24.0 Å². The zero-order valence-electron chi connectivity index (χ0n) is 15.6. The molecule has 0 saturated carbocycles. The highest BCUT2D eigenvalue weighted by Gasteiger charge is 2.33. The van der Waals surface area contributed by atoms with Gasteiger partial charge in [-0.1, -0.05) is 0 Å². The lowest BCUT2D eigenvalue weighted by Gasteiger charge is -2.35. The van der Waals surface area contributed by atoms with Crippen LogP contribution in [0.3, 0.4) is 0 Å². The van der Waals surface area contributed by atoms with E-state index < -0.39 is 20.9 Å². The standard InChI is InChI=1S/C18H20N2O7S/c1-26-16-6-7-17(27-2)18-12(16)9-19(10-15(18)21)13-5-4-11(28(3,24)25)8-14(13)20(22)23/h4-8,15,21H,9-10H2,1-3H3/t15-/m0/s1. The number of anilines is 1. The molecule has 2 aromatic carbocycles. The van der Waals surface area contributed by atoms with E-state index in [-0.39, 0.29) is 29.4 Å². The Balaban J connectivity index is 2.12. The molecule has 3 rings (SSSR count). The van der Waals surface area contributed by atoms with E-state index in [4.69, 9.17) is 9.47 Å². The van der Waals surface area contributed by atoms with Gasteiger partial charge in [-0.05, 0) is 24.3 Å². The third-order valence-corrected chi connectivity index (χ3v) is 5.81. The normalized spacial score (nSPS) is 16.4. The van der Waals surface area contributed by atoms with Crippen LogP contribution in [0.25, 0.3) is 0 Å². The molecular weight excluding hydrogens is 388 g/mol. The minimum atomic E-state index is -3.59. The number of nitro benzene ring substituents is 1. The first kappa shape index (κ1) is 19.9. The second-order valence-corrected chi connectivity index (χ2v) is 8.45. The maximum absolute atomic E-state index is 11.8. The van der Waals surface area contributed by atoms with Crippen LogP contribution >= 0.6 is 0 Å². The lowest BCUT2D eigenvalue weighted by molar-refractivity contribution is -0.384. The smallest absolute Gasteiger partial charge is 0.293 e. The number of ether oxygens (including phenoxy) is 2. The van der Waals surface area contributed by atoms with Gasteiger partial charge in [0.15, 0.2) is 9.84 Å². The lowest BCUT2D eigenvalue weighted by Crippen LogP contribution is -2.34. The second kappa shape index (κ2) is 7.28. The van der Waals surface area contributed by atoms with Crippen LogP contribution in [0.15, 0.2) is 35.2 Å². The molecule has 0 radical (unpaired) electrons. The van der Waals surface area contributed by atoms with Gasteiger partial charge in [-0.25, -0.2) is 8.42 Å². The second-order valence-electron chi connectivity index (χ2n) is 6.44. The summed E-state index contributed by atoms with van der Waals surface area (Å²) in [5.41, 5.74) is 1.10. The van der Waals surface area contributed by atoms with Gasteiger partial charge >= 0.3 is 0 Å². The van der Waals surface area contributed by atoms with Crippen molar-refractivity contribution in [1.29, 1.82) is 0 Å². The summed E-state index contributed by atoms with van der Waals surface area (Å²) < 4.78 is 34.2. The average molecular weight is 408 g/mol. The minimum absolute atomic E-state index is 0.0790. The molecule has 28 heavy (non-hydrogen) atoms. The zero-order valence-corrected chi connectivity index (χ0v) is 16.4. The summed E-state index contributed by atoms with van der Waals surface area (Å²) in [6.07, 6.45) is 0.0204. The number of nitro groups is 1. The van der Waals surface area contributed by atoms with Crippen LogP contribution in [0.1, 0.15) is 17.2 Å². The van der Waals surface area contributed by atoms with Gasteiger partial charge in [-0.2, -0.15) is 0 Å². The Labute approximate surface area is 162 Å². The Morgan fingerprint density at radius 1 is 1.18 bits per heavy atom. The molecule has 0 aromatic heterocycles. The average Bonchev–Trinajstić information content (AvgIpc) is 2.65. The molecule has 1 aliphatic rings. The van der Waals surface area contributed by atoms with E-state index in [1.165, 1.54) is 26.4 Å². The van der Waals surface area contributed by atoms with Gasteiger partial charge in [0.25, 0.3) is 5.69 Å². The van der Waals surface area contributed by atoms with Gasteiger partial charge in [0.2, 0.25) is 0 Å². The molecule has 1 N–H and O–H groups in total. The molecule has 2 aromatic rings. The predicted molar refractivity (Wildman–Crippen MR) is 102 cm³/mol. The number of hydrogen-bond donors (Lipinski definition) is 1. The molecule has 150 valence electrons. The Bertz CT molecular complexity index is 1040. The van der Waals surface area contributed by atoms with Crippen LogP contribution in [0, 0.1) is 10.1 Å². The Morgan fingerprint density at radius 2 is 1.82 bits per heavy atom. The minimum Gasteiger partial charge on any atom is -0.496 e. The fourth-order valence-corrected chi connectivity index (χ4v) is 4.05. The van der Waals surface area contributed by atoms with Crippen molar-refractivity contribution in [1.82, 2.24) is 0 Å². The van der Waals surface area contributed by atoms with Gasteiger partial charge in [0, 0.05) is 36.5 Å². The number of fused-ring (bicyclic) bond motifs is 1. The Hall–Kier alpha value is -2.85. The number of sulfone groups is 1. The molecule has 10 heteroatoms. The number of aliphatic hydroxyl groups excluding tert-OH is 1.